The highest BCUT2D eigenvalue weighted by molar-refractivity contribution is 5.92. The molecule has 1 fully saturated rings. The highest BCUT2D eigenvalue weighted by atomic mass is 16.3. The highest BCUT2D eigenvalue weighted by Crippen LogP contribution is 2.43. The van der Waals surface area contributed by atoms with Crippen LogP contribution in [0.15, 0.2) is 42.5 Å². The van der Waals surface area contributed by atoms with Gasteiger partial charge in [0.15, 0.2) is 11.5 Å². The lowest BCUT2D eigenvalue weighted by molar-refractivity contribution is 0.0939. The maximum absolute atomic E-state index is 11.8. The molecule has 1 aliphatic carbocycles. The Morgan fingerprint density at radius 1 is 1.15 bits per heavy atom. The number of anilines is 1. The maximum atomic E-state index is 11.8. The van der Waals surface area contributed by atoms with Crippen molar-refractivity contribution in [3.63, 3.8) is 0 Å². The minimum absolute atomic E-state index is 0.0929. The first-order valence-electron chi connectivity index (χ1n) is 8.98. The van der Waals surface area contributed by atoms with E-state index in [2.05, 4.69) is 56.8 Å². The van der Waals surface area contributed by atoms with Gasteiger partial charge in [0.1, 0.15) is 0 Å². The summed E-state index contributed by atoms with van der Waals surface area (Å²) in [6.07, 6.45) is 6.68. The SMILES string of the molecule is O=C(NCCO)c1ccc(N2CCC3(C=Cc4ccccc43)CC2)nn1. The summed E-state index contributed by atoms with van der Waals surface area (Å²) >= 11 is 0. The fourth-order valence-corrected chi connectivity index (χ4v) is 3.88. The number of aromatic nitrogens is 2. The molecule has 2 N–H and O–H groups in total. The van der Waals surface area contributed by atoms with Gasteiger partial charge < -0.3 is 15.3 Å². The summed E-state index contributed by atoms with van der Waals surface area (Å²) in [7, 11) is 0. The Bertz CT molecular complexity index is 824. The summed E-state index contributed by atoms with van der Waals surface area (Å²) in [6.45, 7) is 1.93. The summed E-state index contributed by atoms with van der Waals surface area (Å²) in [6, 6.07) is 12.2. The van der Waals surface area contributed by atoms with Crippen molar-refractivity contribution in [2.24, 2.45) is 0 Å². The lowest BCUT2D eigenvalue weighted by Crippen LogP contribution is -2.41. The Balaban J connectivity index is 1.43. The van der Waals surface area contributed by atoms with Crippen LogP contribution < -0.4 is 10.2 Å². The third-order valence-electron chi connectivity index (χ3n) is 5.34. The average molecular weight is 350 g/mol. The molecule has 0 radical (unpaired) electrons. The van der Waals surface area contributed by atoms with E-state index >= 15 is 0 Å². The Hall–Kier alpha value is -2.73. The van der Waals surface area contributed by atoms with Crippen LogP contribution in [0.2, 0.25) is 0 Å². The summed E-state index contributed by atoms with van der Waals surface area (Å²) < 4.78 is 0. The molecule has 0 saturated carbocycles. The van der Waals surface area contributed by atoms with Crippen molar-refractivity contribution in [3.05, 3.63) is 59.3 Å². The first kappa shape index (κ1) is 16.7. The number of carbonyl (C=O) groups is 1. The van der Waals surface area contributed by atoms with Crippen molar-refractivity contribution in [3.8, 4) is 0 Å². The molecule has 6 heteroatoms. The molecule has 6 nitrogen and oxygen atoms in total. The van der Waals surface area contributed by atoms with E-state index in [0.717, 1.165) is 31.7 Å². The van der Waals surface area contributed by atoms with Gasteiger partial charge in [0.25, 0.3) is 5.91 Å². The van der Waals surface area contributed by atoms with Crippen molar-refractivity contribution in [2.75, 3.05) is 31.1 Å². The number of rotatable bonds is 4. The lowest BCUT2D eigenvalue weighted by atomic mass is 9.74. The molecule has 26 heavy (non-hydrogen) atoms. The largest absolute Gasteiger partial charge is 0.395 e. The first-order chi connectivity index (χ1) is 12.7. The number of piperidine rings is 1. The van der Waals surface area contributed by atoms with Crippen LogP contribution in [0.1, 0.15) is 34.5 Å². The normalized spacial score (nSPS) is 17.3. The van der Waals surface area contributed by atoms with E-state index in [0.29, 0.717) is 0 Å². The van der Waals surface area contributed by atoms with Gasteiger partial charge >= 0.3 is 0 Å². The molecular formula is C20H22N4O2. The molecule has 1 spiro atoms. The number of hydrogen-bond donors (Lipinski definition) is 2. The second-order valence-electron chi connectivity index (χ2n) is 6.82. The second kappa shape index (κ2) is 6.88. The molecule has 0 bridgehead atoms. The van der Waals surface area contributed by atoms with Crippen LogP contribution in [0.4, 0.5) is 5.82 Å². The summed E-state index contributed by atoms with van der Waals surface area (Å²) in [5.41, 5.74) is 3.17. The molecule has 134 valence electrons. The van der Waals surface area contributed by atoms with Gasteiger partial charge in [-0.2, -0.15) is 0 Å². The summed E-state index contributed by atoms with van der Waals surface area (Å²) in [4.78, 5) is 14.1. The smallest absolute Gasteiger partial charge is 0.271 e. The third-order valence-corrected chi connectivity index (χ3v) is 5.34. The fraction of sp³-hybridized carbons (Fsp3) is 0.350. The summed E-state index contributed by atoms with van der Waals surface area (Å²) in [5.74, 6) is 0.484. The minimum atomic E-state index is -0.316. The van der Waals surface area contributed by atoms with E-state index in [1.807, 2.05) is 6.07 Å². The monoisotopic (exact) mass is 350 g/mol. The zero-order valence-electron chi connectivity index (χ0n) is 14.6. The standard InChI is InChI=1S/C20H22N4O2/c25-14-11-21-19(26)17-5-6-18(23-22-17)24-12-9-20(10-13-24)8-7-15-3-1-2-4-16(15)20/h1-8,25H,9-14H2,(H,21,26). The Morgan fingerprint density at radius 3 is 2.69 bits per heavy atom. The number of hydrogen-bond acceptors (Lipinski definition) is 5. The predicted octanol–water partition coefficient (Wildman–Crippen LogP) is 1.76. The molecule has 2 heterocycles. The van der Waals surface area contributed by atoms with E-state index in [1.165, 1.54) is 11.1 Å². The van der Waals surface area contributed by atoms with Crippen molar-refractivity contribution in [1.82, 2.24) is 15.5 Å². The average Bonchev–Trinajstić information content (AvgIpc) is 3.05. The van der Waals surface area contributed by atoms with E-state index in [-0.39, 0.29) is 30.2 Å². The first-order valence-corrected chi connectivity index (χ1v) is 8.98. The number of nitrogens with one attached hydrogen (secondary N) is 1. The molecule has 1 aromatic carbocycles. The number of aliphatic hydroxyl groups excluding tert-OH is 1. The van der Waals surface area contributed by atoms with Gasteiger partial charge in [-0.3, -0.25) is 4.79 Å². The predicted molar refractivity (Wildman–Crippen MR) is 100 cm³/mol. The van der Waals surface area contributed by atoms with Gasteiger partial charge in [-0.1, -0.05) is 36.4 Å². The molecule has 4 rings (SSSR count). The second-order valence-corrected chi connectivity index (χ2v) is 6.82. The number of carbonyl (C=O) groups excluding carboxylic acids is 1. The lowest BCUT2D eigenvalue weighted by Gasteiger charge is -2.39. The van der Waals surface area contributed by atoms with Gasteiger partial charge in [0, 0.05) is 25.0 Å². The van der Waals surface area contributed by atoms with Gasteiger partial charge in [-0.05, 0) is 36.1 Å². The minimum Gasteiger partial charge on any atom is -0.395 e. The van der Waals surface area contributed by atoms with Crippen molar-refractivity contribution >= 4 is 17.8 Å². The highest BCUT2D eigenvalue weighted by Gasteiger charge is 2.38. The number of allylic oxidation sites excluding steroid dienone is 1. The van der Waals surface area contributed by atoms with Gasteiger partial charge in [-0.25, -0.2) is 0 Å². The van der Waals surface area contributed by atoms with Gasteiger partial charge in [-0.15, -0.1) is 10.2 Å². The van der Waals surface area contributed by atoms with Gasteiger partial charge in [0.05, 0.1) is 6.61 Å². The summed E-state index contributed by atoms with van der Waals surface area (Å²) in [5, 5.41) is 19.6. The topological polar surface area (TPSA) is 78.4 Å². The van der Waals surface area contributed by atoms with Crippen LogP contribution in [0.25, 0.3) is 6.08 Å². The third kappa shape index (κ3) is 2.97. The fourth-order valence-electron chi connectivity index (χ4n) is 3.88. The van der Waals surface area contributed by atoms with E-state index in [9.17, 15) is 4.79 Å². The van der Waals surface area contributed by atoms with Crippen LogP contribution in [0, 0.1) is 0 Å². The van der Waals surface area contributed by atoms with Crippen LogP contribution in [0.3, 0.4) is 0 Å². The van der Waals surface area contributed by atoms with Crippen LogP contribution in [0.5, 0.6) is 0 Å². The molecule has 0 unspecified atom stereocenters. The molecule has 1 saturated heterocycles. The van der Waals surface area contributed by atoms with E-state index in [4.69, 9.17) is 5.11 Å². The molecule has 2 aromatic rings. The number of benzene rings is 1. The van der Waals surface area contributed by atoms with E-state index in [1.54, 1.807) is 6.07 Å². The molecule has 1 aliphatic heterocycles. The van der Waals surface area contributed by atoms with Crippen molar-refractivity contribution in [1.29, 1.82) is 0 Å². The van der Waals surface area contributed by atoms with Crippen molar-refractivity contribution in [2.45, 2.75) is 18.3 Å². The quantitative estimate of drug-likeness (QED) is 0.879. The maximum Gasteiger partial charge on any atom is 0.271 e. The van der Waals surface area contributed by atoms with Crippen molar-refractivity contribution < 1.29 is 9.90 Å². The zero-order valence-corrected chi connectivity index (χ0v) is 14.6. The zero-order chi connectivity index (χ0) is 18.0. The Kier molecular flexibility index (Phi) is 4.42. The van der Waals surface area contributed by atoms with E-state index < -0.39 is 0 Å². The Labute approximate surface area is 152 Å². The number of aliphatic hydroxyl groups is 1. The number of amides is 1. The van der Waals surface area contributed by atoms with Crippen LogP contribution in [-0.4, -0.2) is 47.5 Å². The van der Waals surface area contributed by atoms with Crippen LogP contribution >= 0.6 is 0 Å². The molecule has 0 atom stereocenters. The molecule has 1 amide bonds. The molecule has 1 aromatic heterocycles. The number of nitrogens with zero attached hydrogens (tertiary/aromatic N) is 3. The number of fused-ring (bicyclic) bond motifs is 2. The van der Waals surface area contributed by atoms with Gasteiger partial charge in [0.2, 0.25) is 0 Å². The van der Waals surface area contributed by atoms with Crippen LogP contribution in [-0.2, 0) is 5.41 Å². The molecule has 2 aliphatic rings. The Morgan fingerprint density at radius 2 is 1.96 bits per heavy atom. The molecular weight excluding hydrogens is 328 g/mol.